The second-order valence-corrected chi connectivity index (χ2v) is 7.68. The van der Waals surface area contributed by atoms with Crippen LogP contribution in [0.4, 0.5) is 0 Å². The molecule has 1 heterocycles. The van der Waals surface area contributed by atoms with Crippen molar-refractivity contribution in [3.8, 4) is 0 Å². The number of carbonyl (C=O) groups excluding carboxylic acids is 2. The molecule has 2 aromatic carbocycles. The van der Waals surface area contributed by atoms with Gasteiger partial charge in [-0.15, -0.1) is 0 Å². The fourth-order valence-corrected chi connectivity index (χ4v) is 3.52. The Morgan fingerprint density at radius 1 is 1.16 bits per heavy atom. The number of rotatable bonds is 8. The lowest BCUT2D eigenvalue weighted by molar-refractivity contribution is -0.116. The zero-order chi connectivity index (χ0) is 22.4. The Hall–Kier alpha value is -3.38. The number of carbonyl (C=O) groups is 2. The summed E-state index contributed by atoms with van der Waals surface area (Å²) in [4.78, 5) is 23.5. The van der Waals surface area contributed by atoms with Crippen molar-refractivity contribution in [3.05, 3.63) is 93.3 Å². The summed E-state index contributed by atoms with van der Waals surface area (Å²) in [6.07, 6.45) is 3.90. The van der Waals surface area contributed by atoms with E-state index in [0.29, 0.717) is 30.1 Å². The molecule has 7 heteroatoms. The zero-order valence-electron chi connectivity index (χ0n) is 17.6. The van der Waals surface area contributed by atoms with Crippen LogP contribution in [0.1, 0.15) is 38.4 Å². The average Bonchev–Trinajstić information content (AvgIpc) is 3.01. The Balaban J connectivity index is 1.59. The molecule has 3 rings (SSSR count). The highest BCUT2D eigenvalue weighted by atomic mass is 35.5. The van der Waals surface area contributed by atoms with Gasteiger partial charge in [0, 0.05) is 34.5 Å². The van der Waals surface area contributed by atoms with Crippen LogP contribution in [-0.2, 0) is 17.8 Å². The summed E-state index contributed by atoms with van der Waals surface area (Å²) in [7, 11) is 0. The summed E-state index contributed by atoms with van der Waals surface area (Å²) in [5.41, 5.74) is 10.4. The van der Waals surface area contributed by atoms with Gasteiger partial charge in [0.05, 0.1) is 12.2 Å². The molecule has 0 radical (unpaired) electrons. The van der Waals surface area contributed by atoms with E-state index in [-0.39, 0.29) is 5.91 Å². The quantitative estimate of drug-likeness (QED) is 0.528. The van der Waals surface area contributed by atoms with Crippen molar-refractivity contribution in [1.29, 1.82) is 0 Å². The highest BCUT2D eigenvalue weighted by Crippen LogP contribution is 2.20. The number of benzene rings is 2. The van der Waals surface area contributed by atoms with Gasteiger partial charge in [0.2, 0.25) is 11.8 Å². The monoisotopic (exact) mass is 436 g/mol. The van der Waals surface area contributed by atoms with E-state index in [4.69, 9.17) is 17.3 Å². The molecule has 0 spiro atoms. The third-order valence-electron chi connectivity index (χ3n) is 5.04. The molecule has 31 heavy (non-hydrogen) atoms. The molecule has 3 aromatic rings. The predicted octanol–water partition coefficient (Wildman–Crippen LogP) is 3.67. The first kappa shape index (κ1) is 22.3. The van der Waals surface area contributed by atoms with Crippen molar-refractivity contribution < 1.29 is 9.59 Å². The highest BCUT2D eigenvalue weighted by Gasteiger charge is 2.11. The lowest BCUT2D eigenvalue weighted by Gasteiger charge is -2.06. The van der Waals surface area contributed by atoms with Crippen molar-refractivity contribution in [1.82, 2.24) is 15.1 Å². The molecule has 0 saturated carbocycles. The van der Waals surface area contributed by atoms with Crippen molar-refractivity contribution in [2.75, 3.05) is 6.54 Å². The number of hydrogen-bond acceptors (Lipinski definition) is 3. The van der Waals surface area contributed by atoms with Crippen LogP contribution < -0.4 is 11.1 Å². The van der Waals surface area contributed by atoms with Crippen molar-refractivity contribution in [2.24, 2.45) is 5.73 Å². The van der Waals surface area contributed by atoms with E-state index in [9.17, 15) is 9.59 Å². The largest absolute Gasteiger partial charge is 0.366 e. The molecular weight excluding hydrogens is 412 g/mol. The van der Waals surface area contributed by atoms with E-state index < -0.39 is 5.91 Å². The van der Waals surface area contributed by atoms with Crippen molar-refractivity contribution in [2.45, 2.75) is 26.8 Å². The fourth-order valence-electron chi connectivity index (χ4n) is 3.32. The summed E-state index contributed by atoms with van der Waals surface area (Å²) in [6, 6.07) is 14.8. The first-order valence-corrected chi connectivity index (χ1v) is 10.3. The molecule has 0 aliphatic rings. The number of amides is 2. The van der Waals surface area contributed by atoms with Gasteiger partial charge in [-0.2, -0.15) is 5.10 Å². The number of nitrogens with two attached hydrogens (primary N) is 1. The number of hydrogen-bond donors (Lipinski definition) is 2. The Morgan fingerprint density at radius 3 is 2.68 bits per heavy atom. The smallest absolute Gasteiger partial charge is 0.248 e. The van der Waals surface area contributed by atoms with E-state index in [1.807, 2.05) is 48.9 Å². The topological polar surface area (TPSA) is 90.0 Å². The van der Waals surface area contributed by atoms with Crippen LogP contribution in [0, 0.1) is 13.8 Å². The Kier molecular flexibility index (Phi) is 7.26. The normalized spacial score (nSPS) is 11.1. The van der Waals surface area contributed by atoms with Gasteiger partial charge in [-0.1, -0.05) is 41.9 Å². The molecule has 160 valence electrons. The summed E-state index contributed by atoms with van der Waals surface area (Å²) in [6.45, 7) is 4.91. The molecule has 0 aliphatic carbocycles. The first-order valence-electron chi connectivity index (χ1n) is 9.97. The standard InChI is InChI=1S/C24H25ClN4O2/c1-16-21(17(2)29(28-16)15-20-7-3-4-9-22(20)25)10-11-23(30)27-13-12-18-6-5-8-19(14-18)24(26)31/h3-11,14H,12-13,15H2,1-2H3,(H2,26,31)(H,27,30)/b11-10+. The maximum absolute atomic E-state index is 12.2. The Labute approximate surface area is 186 Å². The van der Waals surface area contributed by atoms with Crippen molar-refractivity contribution in [3.63, 3.8) is 0 Å². The van der Waals surface area contributed by atoms with Crippen LogP contribution >= 0.6 is 11.6 Å². The van der Waals surface area contributed by atoms with E-state index >= 15 is 0 Å². The summed E-state index contributed by atoms with van der Waals surface area (Å²) >= 11 is 6.26. The highest BCUT2D eigenvalue weighted by molar-refractivity contribution is 6.31. The van der Waals surface area contributed by atoms with Crippen LogP contribution in [0.5, 0.6) is 0 Å². The summed E-state index contributed by atoms with van der Waals surface area (Å²) in [5.74, 6) is -0.654. The van der Waals surface area contributed by atoms with Crippen LogP contribution in [-0.4, -0.2) is 28.1 Å². The number of aromatic nitrogens is 2. The van der Waals surface area contributed by atoms with Crippen LogP contribution in [0.25, 0.3) is 6.08 Å². The molecule has 3 N–H and O–H groups in total. The fraction of sp³-hybridized carbons (Fsp3) is 0.208. The molecule has 0 saturated heterocycles. The zero-order valence-corrected chi connectivity index (χ0v) is 18.3. The molecule has 1 aromatic heterocycles. The first-order chi connectivity index (χ1) is 14.8. The minimum atomic E-state index is -0.463. The Bertz CT molecular complexity index is 1130. The average molecular weight is 437 g/mol. The molecule has 0 fully saturated rings. The molecule has 0 bridgehead atoms. The SMILES string of the molecule is Cc1nn(Cc2ccccc2Cl)c(C)c1/C=C/C(=O)NCCc1cccc(C(N)=O)c1. The molecule has 0 aliphatic heterocycles. The van der Waals surface area contributed by atoms with E-state index in [1.165, 1.54) is 6.08 Å². The van der Waals surface area contributed by atoms with Crippen LogP contribution in [0.15, 0.2) is 54.6 Å². The van der Waals surface area contributed by atoms with Crippen molar-refractivity contribution >= 4 is 29.5 Å². The maximum atomic E-state index is 12.2. The van der Waals surface area contributed by atoms with Gasteiger partial charge in [-0.05, 0) is 55.7 Å². The number of nitrogens with zero attached hydrogens (tertiary/aromatic N) is 2. The predicted molar refractivity (Wildman–Crippen MR) is 123 cm³/mol. The molecule has 2 amide bonds. The number of aryl methyl sites for hydroxylation is 1. The van der Waals surface area contributed by atoms with Gasteiger partial charge in [0.1, 0.15) is 0 Å². The van der Waals surface area contributed by atoms with E-state index in [2.05, 4.69) is 10.4 Å². The third kappa shape index (κ3) is 5.83. The molecular formula is C24H25ClN4O2. The lowest BCUT2D eigenvalue weighted by atomic mass is 10.1. The van der Waals surface area contributed by atoms with Gasteiger partial charge < -0.3 is 11.1 Å². The van der Waals surface area contributed by atoms with Gasteiger partial charge in [-0.25, -0.2) is 0 Å². The van der Waals surface area contributed by atoms with E-state index in [1.54, 1.807) is 24.3 Å². The van der Waals surface area contributed by atoms with Gasteiger partial charge in [0.25, 0.3) is 0 Å². The number of primary amides is 1. The van der Waals surface area contributed by atoms with Gasteiger partial charge >= 0.3 is 0 Å². The summed E-state index contributed by atoms with van der Waals surface area (Å²) in [5, 5.41) is 8.14. The Morgan fingerprint density at radius 2 is 1.94 bits per heavy atom. The minimum absolute atomic E-state index is 0.191. The number of nitrogens with one attached hydrogen (secondary N) is 1. The second-order valence-electron chi connectivity index (χ2n) is 7.27. The lowest BCUT2D eigenvalue weighted by Crippen LogP contribution is -2.23. The van der Waals surface area contributed by atoms with Crippen LogP contribution in [0.2, 0.25) is 5.02 Å². The third-order valence-corrected chi connectivity index (χ3v) is 5.41. The minimum Gasteiger partial charge on any atom is -0.366 e. The number of halogens is 1. The van der Waals surface area contributed by atoms with Gasteiger partial charge in [0.15, 0.2) is 0 Å². The molecule has 6 nitrogen and oxygen atoms in total. The second kappa shape index (κ2) is 10.1. The maximum Gasteiger partial charge on any atom is 0.248 e. The summed E-state index contributed by atoms with van der Waals surface area (Å²) < 4.78 is 1.89. The molecule has 0 unspecified atom stereocenters. The molecule has 0 atom stereocenters. The van der Waals surface area contributed by atoms with E-state index in [0.717, 1.165) is 28.1 Å². The van der Waals surface area contributed by atoms with Gasteiger partial charge in [-0.3, -0.25) is 14.3 Å². The van der Waals surface area contributed by atoms with Crippen LogP contribution in [0.3, 0.4) is 0 Å².